The van der Waals surface area contributed by atoms with Crippen molar-refractivity contribution in [3.63, 3.8) is 0 Å². The molecule has 7 heteroatoms. The molecule has 2 atom stereocenters. The standard InChI is InChI=1S/C17H23NO5S/c1-11-7-8-12(24(3,22)23)10-13(11)15(19)18-17(2)9-5-4-6-14(17)16(20)21/h7-8,10,14H,4-6,9H2,1-3H3,(H,18,19)(H,20,21). The van der Waals surface area contributed by atoms with Crippen LogP contribution in [0.25, 0.3) is 0 Å². The Balaban J connectivity index is 2.33. The van der Waals surface area contributed by atoms with E-state index < -0.39 is 33.2 Å². The van der Waals surface area contributed by atoms with E-state index in [1.165, 1.54) is 12.1 Å². The number of nitrogens with one attached hydrogen (secondary N) is 1. The van der Waals surface area contributed by atoms with Gasteiger partial charge in [0.25, 0.3) is 5.91 Å². The van der Waals surface area contributed by atoms with Crippen LogP contribution in [0, 0.1) is 12.8 Å². The Morgan fingerprint density at radius 3 is 2.54 bits per heavy atom. The van der Waals surface area contributed by atoms with Crippen molar-refractivity contribution >= 4 is 21.7 Å². The van der Waals surface area contributed by atoms with E-state index >= 15 is 0 Å². The van der Waals surface area contributed by atoms with Gasteiger partial charge in [-0.3, -0.25) is 9.59 Å². The van der Waals surface area contributed by atoms with Crippen LogP contribution in [0.3, 0.4) is 0 Å². The molecule has 0 aromatic heterocycles. The van der Waals surface area contributed by atoms with Crippen LogP contribution in [-0.2, 0) is 14.6 Å². The van der Waals surface area contributed by atoms with Crippen molar-refractivity contribution in [1.82, 2.24) is 5.32 Å². The fourth-order valence-corrected chi connectivity index (χ4v) is 3.93. The lowest BCUT2D eigenvalue weighted by Gasteiger charge is -2.40. The Hall–Kier alpha value is -1.89. The monoisotopic (exact) mass is 353 g/mol. The van der Waals surface area contributed by atoms with Gasteiger partial charge in [-0.25, -0.2) is 8.42 Å². The van der Waals surface area contributed by atoms with E-state index in [0.717, 1.165) is 19.1 Å². The third-order valence-electron chi connectivity index (χ3n) is 4.79. The number of hydrogen-bond donors (Lipinski definition) is 2. The molecule has 1 fully saturated rings. The summed E-state index contributed by atoms with van der Waals surface area (Å²) in [6.07, 6.45) is 3.87. The van der Waals surface area contributed by atoms with Crippen LogP contribution >= 0.6 is 0 Å². The van der Waals surface area contributed by atoms with Crippen molar-refractivity contribution in [1.29, 1.82) is 0 Å². The maximum absolute atomic E-state index is 12.7. The van der Waals surface area contributed by atoms with E-state index in [1.807, 2.05) is 0 Å². The van der Waals surface area contributed by atoms with E-state index in [4.69, 9.17) is 0 Å². The summed E-state index contributed by atoms with van der Waals surface area (Å²) in [5.41, 5.74) is 0.0642. The average Bonchev–Trinajstić information content (AvgIpc) is 2.45. The number of carboxylic acids is 1. The Bertz CT molecular complexity index is 771. The highest BCUT2D eigenvalue weighted by Gasteiger charge is 2.42. The van der Waals surface area contributed by atoms with Gasteiger partial charge in [-0.05, 0) is 44.4 Å². The normalized spacial score (nSPS) is 24.4. The second kappa shape index (κ2) is 6.55. The summed E-state index contributed by atoms with van der Waals surface area (Å²) in [4.78, 5) is 24.3. The number of carbonyl (C=O) groups excluding carboxylic acids is 1. The molecule has 132 valence electrons. The van der Waals surface area contributed by atoms with Crippen molar-refractivity contribution in [3.05, 3.63) is 29.3 Å². The van der Waals surface area contributed by atoms with Crippen LogP contribution < -0.4 is 5.32 Å². The summed E-state index contributed by atoms with van der Waals surface area (Å²) in [5, 5.41) is 12.3. The maximum atomic E-state index is 12.7. The SMILES string of the molecule is Cc1ccc(S(C)(=O)=O)cc1C(=O)NC1(C)CCCCC1C(=O)O. The molecule has 2 N–H and O–H groups in total. The third-order valence-corrected chi connectivity index (χ3v) is 5.90. The first-order chi connectivity index (χ1) is 11.0. The average molecular weight is 353 g/mol. The van der Waals surface area contributed by atoms with E-state index in [1.54, 1.807) is 19.9 Å². The molecule has 24 heavy (non-hydrogen) atoms. The summed E-state index contributed by atoms with van der Waals surface area (Å²) in [5.74, 6) is -2.00. The van der Waals surface area contributed by atoms with Crippen LogP contribution in [0.2, 0.25) is 0 Å². The fourth-order valence-electron chi connectivity index (χ4n) is 3.28. The molecule has 0 spiro atoms. The summed E-state index contributed by atoms with van der Waals surface area (Å²) < 4.78 is 23.4. The van der Waals surface area contributed by atoms with Gasteiger partial charge in [-0.1, -0.05) is 18.9 Å². The quantitative estimate of drug-likeness (QED) is 0.864. The fraction of sp³-hybridized carbons (Fsp3) is 0.529. The van der Waals surface area contributed by atoms with Gasteiger partial charge in [0.05, 0.1) is 16.4 Å². The number of carboxylic acid groups (broad SMARTS) is 1. The second-order valence-electron chi connectivity index (χ2n) is 6.76. The first-order valence-corrected chi connectivity index (χ1v) is 9.80. The zero-order valence-electron chi connectivity index (χ0n) is 14.1. The lowest BCUT2D eigenvalue weighted by molar-refractivity contribution is -0.145. The Kier molecular flexibility index (Phi) is 5.03. The number of rotatable bonds is 4. The predicted octanol–water partition coefficient (Wildman–Crippen LogP) is 2.16. The molecular weight excluding hydrogens is 330 g/mol. The second-order valence-corrected chi connectivity index (χ2v) is 8.77. The Labute approximate surface area is 142 Å². The minimum Gasteiger partial charge on any atom is -0.481 e. The number of hydrogen-bond acceptors (Lipinski definition) is 4. The molecule has 1 amide bonds. The highest BCUT2D eigenvalue weighted by atomic mass is 32.2. The molecule has 0 heterocycles. The highest BCUT2D eigenvalue weighted by molar-refractivity contribution is 7.90. The van der Waals surface area contributed by atoms with Crippen LogP contribution in [-0.4, -0.2) is 37.2 Å². The molecule has 2 rings (SSSR count). The summed E-state index contributed by atoms with van der Waals surface area (Å²) >= 11 is 0. The number of carbonyl (C=O) groups is 2. The van der Waals surface area contributed by atoms with E-state index in [9.17, 15) is 23.1 Å². The van der Waals surface area contributed by atoms with Crippen molar-refractivity contribution < 1.29 is 23.1 Å². The van der Waals surface area contributed by atoms with Gasteiger partial charge in [0.15, 0.2) is 9.84 Å². The van der Waals surface area contributed by atoms with Gasteiger partial charge in [-0.2, -0.15) is 0 Å². The number of sulfone groups is 1. The van der Waals surface area contributed by atoms with Gasteiger partial charge in [0, 0.05) is 11.8 Å². The van der Waals surface area contributed by atoms with Crippen molar-refractivity contribution in [2.24, 2.45) is 5.92 Å². The third kappa shape index (κ3) is 3.77. The topological polar surface area (TPSA) is 101 Å². The Morgan fingerprint density at radius 2 is 1.96 bits per heavy atom. The minimum atomic E-state index is -3.42. The van der Waals surface area contributed by atoms with E-state index in [2.05, 4.69) is 5.32 Å². The van der Waals surface area contributed by atoms with Crippen LogP contribution in [0.5, 0.6) is 0 Å². The van der Waals surface area contributed by atoms with Crippen molar-refractivity contribution in [2.75, 3.05) is 6.26 Å². The molecule has 1 aliphatic rings. The van der Waals surface area contributed by atoms with Crippen LogP contribution in [0.4, 0.5) is 0 Å². The van der Waals surface area contributed by atoms with Gasteiger partial charge < -0.3 is 10.4 Å². The highest BCUT2D eigenvalue weighted by Crippen LogP contribution is 2.34. The van der Waals surface area contributed by atoms with E-state index in [0.29, 0.717) is 18.4 Å². The van der Waals surface area contributed by atoms with Gasteiger partial charge in [-0.15, -0.1) is 0 Å². The van der Waals surface area contributed by atoms with Gasteiger partial charge in [0.2, 0.25) is 0 Å². The Morgan fingerprint density at radius 1 is 1.29 bits per heavy atom. The molecule has 1 aromatic carbocycles. The first kappa shape index (κ1) is 18.4. The molecule has 0 aliphatic heterocycles. The molecule has 0 radical (unpaired) electrons. The minimum absolute atomic E-state index is 0.0711. The molecule has 1 aromatic rings. The summed E-state index contributed by atoms with van der Waals surface area (Å²) in [6, 6.07) is 4.40. The molecule has 1 aliphatic carbocycles. The molecule has 6 nitrogen and oxygen atoms in total. The summed E-state index contributed by atoms with van der Waals surface area (Å²) in [7, 11) is -3.42. The lowest BCUT2D eigenvalue weighted by atomic mass is 9.73. The summed E-state index contributed by atoms with van der Waals surface area (Å²) in [6.45, 7) is 3.47. The maximum Gasteiger partial charge on any atom is 0.308 e. The first-order valence-electron chi connectivity index (χ1n) is 7.90. The number of aliphatic carboxylic acids is 1. The molecule has 0 saturated heterocycles. The number of amides is 1. The van der Waals surface area contributed by atoms with Crippen molar-refractivity contribution in [3.8, 4) is 0 Å². The molecule has 1 saturated carbocycles. The lowest BCUT2D eigenvalue weighted by Crippen LogP contribution is -2.55. The largest absolute Gasteiger partial charge is 0.481 e. The van der Waals surface area contributed by atoms with Crippen molar-refractivity contribution in [2.45, 2.75) is 50.0 Å². The van der Waals surface area contributed by atoms with E-state index in [-0.39, 0.29) is 10.5 Å². The molecular formula is C17H23NO5S. The zero-order chi connectivity index (χ0) is 18.1. The van der Waals surface area contributed by atoms with Gasteiger partial charge in [0.1, 0.15) is 0 Å². The zero-order valence-corrected chi connectivity index (χ0v) is 14.9. The number of benzene rings is 1. The predicted molar refractivity (Wildman–Crippen MR) is 89.8 cm³/mol. The number of aryl methyl sites for hydroxylation is 1. The van der Waals surface area contributed by atoms with Crippen LogP contribution in [0.15, 0.2) is 23.1 Å². The van der Waals surface area contributed by atoms with Crippen LogP contribution in [0.1, 0.15) is 48.5 Å². The smallest absolute Gasteiger partial charge is 0.308 e. The molecule has 0 bridgehead atoms. The molecule has 2 unspecified atom stereocenters. The van der Waals surface area contributed by atoms with Gasteiger partial charge >= 0.3 is 5.97 Å².